The largest absolute Gasteiger partial charge is 0.396 e. The van der Waals surface area contributed by atoms with Gasteiger partial charge in [0.25, 0.3) is 5.89 Å². The molecule has 0 fully saturated rings. The Morgan fingerprint density at radius 3 is 2.54 bits per heavy atom. The molecule has 0 N–H and O–H groups in total. The summed E-state index contributed by atoms with van der Waals surface area (Å²) in [5, 5.41) is 3.00. The Bertz CT molecular complexity index is 318. The number of ketones is 1. The van der Waals surface area contributed by atoms with E-state index in [-0.39, 0.29) is 0 Å². The van der Waals surface area contributed by atoms with Crippen LogP contribution < -0.4 is 0 Å². The van der Waals surface area contributed by atoms with Gasteiger partial charge < -0.3 is 4.52 Å². The van der Waals surface area contributed by atoms with Crippen LogP contribution in [0.15, 0.2) is 4.52 Å². The highest BCUT2D eigenvalue weighted by molar-refractivity contribution is 5.89. The number of halogens is 3. The summed E-state index contributed by atoms with van der Waals surface area (Å²) < 4.78 is 39.5. The number of aromatic nitrogens is 2. The number of nitrogens with zero attached hydrogens (tertiary/aromatic N) is 2. The first-order valence-corrected chi connectivity index (χ1v) is 3.29. The minimum absolute atomic E-state index is 0.403. The van der Waals surface area contributed by atoms with Crippen molar-refractivity contribution < 1.29 is 22.5 Å². The highest BCUT2D eigenvalue weighted by Crippen LogP contribution is 2.19. The van der Waals surface area contributed by atoms with Crippen LogP contribution in [-0.2, 0) is 6.42 Å². The van der Waals surface area contributed by atoms with Gasteiger partial charge in [0.05, 0.1) is 0 Å². The van der Waals surface area contributed by atoms with Crippen molar-refractivity contribution in [2.75, 3.05) is 0 Å². The third kappa shape index (κ3) is 2.85. The molecule has 0 saturated carbocycles. The van der Waals surface area contributed by atoms with Crippen LogP contribution in [0.1, 0.15) is 23.4 Å². The molecule has 0 radical (unpaired) electrons. The van der Waals surface area contributed by atoms with E-state index >= 15 is 0 Å². The number of hydrogen-bond acceptors (Lipinski definition) is 4. The van der Waals surface area contributed by atoms with Gasteiger partial charge in [-0.15, -0.1) is 0 Å². The SMILES string of the molecule is CC(=O)c1nc(CC(F)(F)F)no1. The molecule has 0 aromatic carbocycles. The maximum Gasteiger partial charge on any atom is 0.396 e. The van der Waals surface area contributed by atoms with Gasteiger partial charge in [-0.05, 0) is 0 Å². The zero-order valence-corrected chi connectivity index (χ0v) is 6.55. The van der Waals surface area contributed by atoms with Gasteiger partial charge in [-0.2, -0.15) is 18.2 Å². The molecule has 13 heavy (non-hydrogen) atoms. The number of Topliss-reactive ketones (excluding diaryl/α,β-unsaturated/α-hetero) is 1. The van der Waals surface area contributed by atoms with Crippen molar-refractivity contribution >= 4 is 5.78 Å². The normalized spacial score (nSPS) is 11.7. The molecule has 0 aliphatic heterocycles. The van der Waals surface area contributed by atoms with E-state index in [4.69, 9.17) is 0 Å². The highest BCUT2D eigenvalue weighted by Gasteiger charge is 2.30. The molecule has 1 aromatic rings. The van der Waals surface area contributed by atoms with E-state index in [0.29, 0.717) is 0 Å². The molecule has 1 rings (SSSR count). The quantitative estimate of drug-likeness (QED) is 0.667. The van der Waals surface area contributed by atoms with Crippen molar-refractivity contribution in [1.82, 2.24) is 10.1 Å². The maximum atomic E-state index is 11.7. The van der Waals surface area contributed by atoms with Crippen LogP contribution in [0, 0.1) is 0 Å². The van der Waals surface area contributed by atoms with Crippen LogP contribution in [0.3, 0.4) is 0 Å². The number of carbonyl (C=O) groups excluding carboxylic acids is 1. The second kappa shape index (κ2) is 3.15. The topological polar surface area (TPSA) is 56.0 Å². The minimum atomic E-state index is -4.39. The Morgan fingerprint density at radius 1 is 1.54 bits per heavy atom. The first-order valence-electron chi connectivity index (χ1n) is 3.29. The smallest absolute Gasteiger partial charge is 0.331 e. The Morgan fingerprint density at radius 2 is 2.15 bits per heavy atom. The molecular weight excluding hydrogens is 189 g/mol. The van der Waals surface area contributed by atoms with Gasteiger partial charge in [0, 0.05) is 6.92 Å². The molecule has 0 aliphatic carbocycles. The van der Waals surface area contributed by atoms with E-state index in [9.17, 15) is 18.0 Å². The molecule has 1 heterocycles. The average Bonchev–Trinajstić information content (AvgIpc) is 2.31. The van der Waals surface area contributed by atoms with Gasteiger partial charge in [0.15, 0.2) is 5.82 Å². The van der Waals surface area contributed by atoms with E-state index in [1.54, 1.807) is 0 Å². The Hall–Kier alpha value is -1.40. The molecule has 0 saturated heterocycles. The Labute approximate surface area is 70.7 Å². The number of alkyl halides is 3. The second-order valence-electron chi connectivity index (χ2n) is 2.36. The summed E-state index contributed by atoms with van der Waals surface area (Å²) in [6.45, 7) is 1.13. The van der Waals surface area contributed by atoms with E-state index in [0.717, 1.165) is 6.92 Å². The summed E-state index contributed by atoms with van der Waals surface area (Å²) in [4.78, 5) is 13.8. The fraction of sp³-hybridized carbons (Fsp3) is 0.500. The van der Waals surface area contributed by atoms with Crippen molar-refractivity contribution in [3.05, 3.63) is 11.7 Å². The van der Waals surface area contributed by atoms with Crippen LogP contribution in [0.5, 0.6) is 0 Å². The lowest BCUT2D eigenvalue weighted by atomic mass is 10.4. The van der Waals surface area contributed by atoms with Crippen molar-refractivity contribution in [3.8, 4) is 0 Å². The summed E-state index contributed by atoms with van der Waals surface area (Å²) in [6.07, 6.45) is -5.68. The van der Waals surface area contributed by atoms with Gasteiger partial charge in [-0.3, -0.25) is 4.79 Å². The van der Waals surface area contributed by atoms with Crippen LogP contribution in [0.4, 0.5) is 13.2 Å². The maximum absolute atomic E-state index is 11.7. The molecule has 0 aliphatic rings. The van der Waals surface area contributed by atoms with Crippen molar-refractivity contribution in [2.45, 2.75) is 19.5 Å². The summed E-state index contributed by atoms with van der Waals surface area (Å²) in [6, 6.07) is 0. The first kappa shape index (κ1) is 9.69. The fourth-order valence-electron chi connectivity index (χ4n) is 0.648. The van der Waals surface area contributed by atoms with Gasteiger partial charge in [-0.1, -0.05) is 5.16 Å². The van der Waals surface area contributed by atoms with Crippen molar-refractivity contribution in [1.29, 1.82) is 0 Å². The zero-order valence-electron chi connectivity index (χ0n) is 6.55. The zero-order chi connectivity index (χ0) is 10.1. The molecule has 0 atom stereocenters. The third-order valence-electron chi connectivity index (χ3n) is 1.13. The summed E-state index contributed by atoms with van der Waals surface area (Å²) >= 11 is 0. The van der Waals surface area contributed by atoms with Gasteiger partial charge in [0.1, 0.15) is 6.42 Å². The molecule has 72 valence electrons. The predicted octanol–water partition coefficient (Wildman–Crippen LogP) is 1.38. The van der Waals surface area contributed by atoms with Crippen molar-refractivity contribution in [3.63, 3.8) is 0 Å². The lowest BCUT2D eigenvalue weighted by Gasteiger charge is -1.99. The van der Waals surface area contributed by atoms with Crippen LogP contribution >= 0.6 is 0 Å². The van der Waals surface area contributed by atoms with Crippen LogP contribution in [0.25, 0.3) is 0 Å². The van der Waals surface area contributed by atoms with E-state index < -0.39 is 30.1 Å². The summed E-state index contributed by atoms with van der Waals surface area (Å²) in [5.74, 6) is -1.49. The molecule has 0 amide bonds. The number of carbonyl (C=O) groups is 1. The monoisotopic (exact) mass is 194 g/mol. The van der Waals surface area contributed by atoms with Crippen molar-refractivity contribution in [2.24, 2.45) is 0 Å². The van der Waals surface area contributed by atoms with E-state index in [2.05, 4.69) is 14.7 Å². The molecule has 0 unspecified atom stereocenters. The Kier molecular flexibility index (Phi) is 2.35. The van der Waals surface area contributed by atoms with Gasteiger partial charge in [0.2, 0.25) is 5.78 Å². The molecule has 1 aromatic heterocycles. The molecule has 7 heteroatoms. The Balaban J connectivity index is 2.75. The van der Waals surface area contributed by atoms with Crippen LogP contribution in [0.2, 0.25) is 0 Å². The highest BCUT2D eigenvalue weighted by atomic mass is 19.4. The van der Waals surface area contributed by atoms with Gasteiger partial charge in [-0.25, -0.2) is 0 Å². The lowest BCUT2D eigenvalue weighted by Crippen LogP contribution is -2.12. The van der Waals surface area contributed by atoms with E-state index in [1.165, 1.54) is 0 Å². The van der Waals surface area contributed by atoms with Gasteiger partial charge >= 0.3 is 6.18 Å². The fourth-order valence-corrected chi connectivity index (χ4v) is 0.648. The molecule has 4 nitrogen and oxygen atoms in total. The lowest BCUT2D eigenvalue weighted by molar-refractivity contribution is -0.128. The molecule has 0 bridgehead atoms. The minimum Gasteiger partial charge on any atom is -0.331 e. The third-order valence-corrected chi connectivity index (χ3v) is 1.13. The van der Waals surface area contributed by atoms with Crippen LogP contribution in [-0.4, -0.2) is 22.1 Å². The summed E-state index contributed by atoms with van der Waals surface area (Å²) in [7, 11) is 0. The average molecular weight is 194 g/mol. The summed E-state index contributed by atoms with van der Waals surface area (Å²) in [5.41, 5.74) is 0. The number of hydrogen-bond donors (Lipinski definition) is 0. The first-order chi connectivity index (χ1) is 5.88. The standard InChI is InChI=1S/C6H5F3N2O2/c1-3(12)5-10-4(11-13-5)2-6(7,8)9/h2H2,1H3. The second-order valence-corrected chi connectivity index (χ2v) is 2.36. The predicted molar refractivity (Wildman–Crippen MR) is 34.1 cm³/mol. The molecular formula is C6H5F3N2O2. The molecule has 0 spiro atoms. The van der Waals surface area contributed by atoms with E-state index in [1.807, 2.05) is 0 Å². The number of rotatable bonds is 2.